The number of methoxy groups -OCH3 is 1. The predicted molar refractivity (Wildman–Crippen MR) is 98.8 cm³/mol. The van der Waals surface area contributed by atoms with E-state index in [0.717, 1.165) is 5.56 Å². The number of aromatic nitrogens is 1. The summed E-state index contributed by atoms with van der Waals surface area (Å²) in [5.41, 5.74) is 1.49. The van der Waals surface area contributed by atoms with Crippen molar-refractivity contribution in [2.75, 3.05) is 7.11 Å². The molecule has 0 saturated heterocycles. The van der Waals surface area contributed by atoms with E-state index in [-0.39, 0.29) is 17.8 Å². The molecular weight excluding hydrogens is 361 g/mol. The van der Waals surface area contributed by atoms with Crippen LogP contribution >= 0.6 is 23.2 Å². The number of pyridine rings is 1. The molecule has 3 atom stereocenters. The van der Waals surface area contributed by atoms with E-state index in [1.165, 1.54) is 13.3 Å². The lowest BCUT2D eigenvalue weighted by Gasteiger charge is -2.26. The third kappa shape index (κ3) is 5.18. The van der Waals surface area contributed by atoms with Gasteiger partial charge in [0.2, 0.25) is 0 Å². The molecule has 0 radical (unpaired) electrons. The molecule has 25 heavy (non-hydrogen) atoms. The fourth-order valence-corrected chi connectivity index (χ4v) is 3.18. The minimum atomic E-state index is -0.823. The molecule has 6 heteroatoms. The van der Waals surface area contributed by atoms with Gasteiger partial charge >= 0.3 is 5.97 Å². The molecule has 4 nitrogen and oxygen atoms in total. The summed E-state index contributed by atoms with van der Waals surface area (Å²) in [7, 11) is 1.37. The van der Waals surface area contributed by atoms with Crippen molar-refractivity contribution in [3.63, 3.8) is 0 Å². The van der Waals surface area contributed by atoms with Crippen LogP contribution in [0.15, 0.2) is 42.7 Å². The van der Waals surface area contributed by atoms with Gasteiger partial charge in [-0.25, -0.2) is 0 Å². The van der Waals surface area contributed by atoms with Gasteiger partial charge in [-0.15, -0.1) is 0 Å². The summed E-state index contributed by atoms with van der Waals surface area (Å²) in [6, 6.07) is 8.77. The van der Waals surface area contributed by atoms with Crippen LogP contribution in [-0.4, -0.2) is 23.2 Å². The first-order chi connectivity index (χ1) is 12.0. The maximum Gasteiger partial charge on any atom is 0.308 e. The molecule has 1 aromatic heterocycles. The molecule has 134 valence electrons. The van der Waals surface area contributed by atoms with Gasteiger partial charge in [0.05, 0.1) is 24.2 Å². The van der Waals surface area contributed by atoms with Crippen molar-refractivity contribution < 1.29 is 14.6 Å². The summed E-state index contributed by atoms with van der Waals surface area (Å²) in [6.07, 6.45) is 3.42. The maximum atomic E-state index is 12.0. The number of hydrogen-bond acceptors (Lipinski definition) is 4. The number of carbonyl (C=O) groups is 1. The first-order valence-corrected chi connectivity index (χ1v) is 8.83. The lowest BCUT2D eigenvalue weighted by molar-refractivity contribution is -0.146. The molecule has 1 aromatic carbocycles. The smallest absolute Gasteiger partial charge is 0.308 e. The van der Waals surface area contributed by atoms with Crippen LogP contribution in [0.25, 0.3) is 0 Å². The SMILES string of the molecule is CCC(C[C@@H](c1cncc(Cl)c1)[C@H](O)c1ccc(Cl)cc1)C(=O)OC. The van der Waals surface area contributed by atoms with E-state index in [2.05, 4.69) is 4.98 Å². The fourth-order valence-electron chi connectivity index (χ4n) is 2.87. The van der Waals surface area contributed by atoms with Crippen LogP contribution < -0.4 is 0 Å². The highest BCUT2D eigenvalue weighted by atomic mass is 35.5. The van der Waals surface area contributed by atoms with E-state index in [1.807, 2.05) is 6.92 Å². The Hall–Kier alpha value is -1.62. The molecule has 0 amide bonds. The van der Waals surface area contributed by atoms with Gasteiger partial charge in [-0.2, -0.15) is 0 Å². The summed E-state index contributed by atoms with van der Waals surface area (Å²) in [6.45, 7) is 1.92. The molecule has 2 rings (SSSR count). The van der Waals surface area contributed by atoms with E-state index in [9.17, 15) is 9.90 Å². The Bertz CT molecular complexity index is 706. The van der Waals surface area contributed by atoms with Gasteiger partial charge in [-0.1, -0.05) is 42.3 Å². The van der Waals surface area contributed by atoms with Crippen molar-refractivity contribution in [1.82, 2.24) is 4.98 Å². The van der Waals surface area contributed by atoms with Crippen molar-refractivity contribution in [3.05, 3.63) is 63.9 Å². The van der Waals surface area contributed by atoms with Gasteiger partial charge in [0.25, 0.3) is 0 Å². The zero-order valence-electron chi connectivity index (χ0n) is 14.2. The van der Waals surface area contributed by atoms with Gasteiger partial charge in [-0.3, -0.25) is 9.78 Å². The van der Waals surface area contributed by atoms with E-state index < -0.39 is 6.10 Å². The number of esters is 1. The Labute approximate surface area is 157 Å². The first-order valence-electron chi connectivity index (χ1n) is 8.08. The molecule has 2 aromatic rings. The average Bonchev–Trinajstić information content (AvgIpc) is 2.62. The number of aliphatic hydroxyl groups is 1. The summed E-state index contributed by atoms with van der Waals surface area (Å²) >= 11 is 12.0. The quantitative estimate of drug-likeness (QED) is 0.700. The Morgan fingerprint density at radius 1 is 1.16 bits per heavy atom. The lowest BCUT2D eigenvalue weighted by atomic mass is 9.82. The molecule has 1 unspecified atom stereocenters. The first kappa shape index (κ1) is 19.7. The molecule has 0 aliphatic carbocycles. The topological polar surface area (TPSA) is 59.4 Å². The normalized spacial score (nSPS) is 14.6. The van der Waals surface area contributed by atoms with Crippen LogP contribution in [0.1, 0.15) is 42.9 Å². The van der Waals surface area contributed by atoms with Crippen LogP contribution in [-0.2, 0) is 9.53 Å². The minimum Gasteiger partial charge on any atom is -0.469 e. The summed E-state index contributed by atoms with van der Waals surface area (Å²) in [5, 5.41) is 12.0. The Morgan fingerprint density at radius 3 is 2.40 bits per heavy atom. The highest BCUT2D eigenvalue weighted by Gasteiger charge is 2.29. The van der Waals surface area contributed by atoms with Crippen molar-refractivity contribution in [1.29, 1.82) is 0 Å². The van der Waals surface area contributed by atoms with Gasteiger partial charge in [0.1, 0.15) is 0 Å². The van der Waals surface area contributed by atoms with E-state index in [0.29, 0.717) is 28.5 Å². The zero-order valence-corrected chi connectivity index (χ0v) is 15.7. The van der Waals surface area contributed by atoms with Gasteiger partial charge in [0.15, 0.2) is 0 Å². The molecule has 0 bridgehead atoms. The van der Waals surface area contributed by atoms with Crippen LogP contribution in [0.3, 0.4) is 0 Å². The molecule has 0 aliphatic rings. The largest absolute Gasteiger partial charge is 0.469 e. The molecule has 0 fully saturated rings. The molecule has 0 spiro atoms. The van der Waals surface area contributed by atoms with E-state index in [4.69, 9.17) is 27.9 Å². The molecule has 0 saturated carbocycles. The highest BCUT2D eigenvalue weighted by molar-refractivity contribution is 6.30. The van der Waals surface area contributed by atoms with Crippen molar-refractivity contribution in [2.45, 2.75) is 31.8 Å². The average molecular weight is 382 g/mol. The molecule has 0 aliphatic heterocycles. The number of benzene rings is 1. The predicted octanol–water partition coefficient (Wildman–Crippen LogP) is 4.79. The van der Waals surface area contributed by atoms with E-state index in [1.54, 1.807) is 36.5 Å². The monoisotopic (exact) mass is 381 g/mol. The summed E-state index contributed by atoms with van der Waals surface area (Å²) in [4.78, 5) is 16.1. The van der Waals surface area contributed by atoms with Crippen molar-refractivity contribution >= 4 is 29.2 Å². The number of rotatable bonds is 7. The van der Waals surface area contributed by atoms with Gasteiger partial charge in [-0.05, 0) is 42.2 Å². The molecule has 1 N–H and O–H groups in total. The van der Waals surface area contributed by atoms with Crippen LogP contribution in [0, 0.1) is 5.92 Å². The van der Waals surface area contributed by atoms with Gasteiger partial charge < -0.3 is 9.84 Å². The Kier molecular flexibility index (Phi) is 7.24. The molecular formula is C19H21Cl2NO3. The van der Waals surface area contributed by atoms with Crippen LogP contribution in [0.4, 0.5) is 0 Å². The van der Waals surface area contributed by atoms with Crippen LogP contribution in [0.2, 0.25) is 10.0 Å². The van der Waals surface area contributed by atoms with Gasteiger partial charge in [0, 0.05) is 23.3 Å². The van der Waals surface area contributed by atoms with Crippen molar-refractivity contribution in [2.24, 2.45) is 5.92 Å². The summed E-state index contributed by atoms with van der Waals surface area (Å²) in [5.74, 6) is -0.960. The zero-order chi connectivity index (χ0) is 18.4. The second kappa shape index (κ2) is 9.18. The molecule has 1 heterocycles. The lowest BCUT2D eigenvalue weighted by Crippen LogP contribution is -2.22. The number of ether oxygens (including phenoxy) is 1. The maximum absolute atomic E-state index is 12.0. The Morgan fingerprint density at radius 2 is 1.84 bits per heavy atom. The number of aliphatic hydroxyl groups excluding tert-OH is 1. The van der Waals surface area contributed by atoms with Crippen molar-refractivity contribution in [3.8, 4) is 0 Å². The van der Waals surface area contributed by atoms with Crippen LogP contribution in [0.5, 0.6) is 0 Å². The summed E-state index contributed by atoms with van der Waals surface area (Å²) < 4.78 is 4.89. The Balaban J connectivity index is 2.37. The standard InChI is InChI=1S/C19H21Cl2NO3/c1-3-12(19(24)25-2)9-17(14-8-16(21)11-22-10-14)18(23)13-4-6-15(20)7-5-13/h4-8,10-12,17-18,23H,3,9H2,1-2H3/t12?,17-,18+/m0/s1. The fraction of sp³-hybridized carbons (Fsp3) is 0.368. The number of hydrogen-bond donors (Lipinski definition) is 1. The number of halogens is 2. The second-order valence-electron chi connectivity index (χ2n) is 5.90. The second-order valence-corrected chi connectivity index (χ2v) is 6.78. The highest BCUT2D eigenvalue weighted by Crippen LogP contribution is 2.37. The third-order valence-electron chi connectivity index (χ3n) is 4.31. The number of carbonyl (C=O) groups excluding carboxylic acids is 1. The van der Waals surface area contributed by atoms with E-state index >= 15 is 0 Å². The number of nitrogens with zero attached hydrogens (tertiary/aromatic N) is 1. The minimum absolute atomic E-state index is 0.286. The third-order valence-corrected chi connectivity index (χ3v) is 4.77.